The van der Waals surface area contributed by atoms with Gasteiger partial charge in [-0.05, 0) is 19.8 Å². The van der Waals surface area contributed by atoms with Crippen molar-refractivity contribution in [3.8, 4) is 0 Å². The van der Waals surface area contributed by atoms with Crippen LogP contribution in [0, 0.1) is 6.92 Å². The number of nitrogens with zero attached hydrogens (tertiary/aromatic N) is 3. The van der Waals surface area contributed by atoms with Crippen molar-refractivity contribution in [2.45, 2.75) is 32.1 Å². The highest BCUT2D eigenvalue weighted by molar-refractivity contribution is 7.90. The summed E-state index contributed by atoms with van der Waals surface area (Å²) in [6.07, 6.45) is 3.40. The lowest BCUT2D eigenvalue weighted by Crippen LogP contribution is -2.29. The van der Waals surface area contributed by atoms with Gasteiger partial charge in [0, 0.05) is 29.4 Å². The topological polar surface area (TPSA) is 79.0 Å². The Bertz CT molecular complexity index is 748. The molecule has 3 heterocycles. The second kappa shape index (κ2) is 5.42. The van der Waals surface area contributed by atoms with Crippen LogP contribution in [0.2, 0.25) is 0 Å². The molecule has 1 aliphatic heterocycles. The number of rotatable bonds is 4. The standard InChI is InChI=1S/C13H18N4O2S2/c1-9-11-4-3-5-17(13(11)16-15-9)6-10-7-20-12(14-10)8-21(2,18)19/h7H,3-6,8H2,1-2H3,(H,15,16). The van der Waals surface area contributed by atoms with Crippen molar-refractivity contribution >= 4 is 27.0 Å². The first-order valence-electron chi connectivity index (χ1n) is 6.82. The zero-order valence-corrected chi connectivity index (χ0v) is 13.7. The van der Waals surface area contributed by atoms with Crippen molar-refractivity contribution < 1.29 is 8.42 Å². The van der Waals surface area contributed by atoms with Gasteiger partial charge in [0.1, 0.15) is 10.8 Å². The van der Waals surface area contributed by atoms with Gasteiger partial charge in [-0.3, -0.25) is 5.10 Å². The lowest BCUT2D eigenvalue weighted by molar-refractivity contribution is 0.601. The molecule has 0 saturated heterocycles. The number of nitrogens with one attached hydrogen (secondary N) is 1. The Kier molecular flexibility index (Phi) is 3.75. The first-order chi connectivity index (χ1) is 9.92. The smallest absolute Gasteiger partial charge is 0.154 e. The SMILES string of the molecule is Cc1[nH]nc2c1CCCN2Cc1csc(CS(C)(=O)=O)n1. The number of H-pyrrole nitrogens is 1. The van der Waals surface area contributed by atoms with E-state index in [4.69, 9.17) is 0 Å². The molecule has 1 N–H and O–H groups in total. The molecule has 0 saturated carbocycles. The third-order valence-corrected chi connectivity index (χ3v) is 5.42. The number of hydrogen-bond donors (Lipinski definition) is 1. The predicted molar refractivity (Wildman–Crippen MR) is 83.4 cm³/mol. The van der Waals surface area contributed by atoms with Crippen molar-refractivity contribution in [2.75, 3.05) is 17.7 Å². The van der Waals surface area contributed by atoms with Crippen LogP contribution in [0.4, 0.5) is 5.82 Å². The molecule has 0 fully saturated rings. The van der Waals surface area contributed by atoms with Crippen LogP contribution in [0.5, 0.6) is 0 Å². The van der Waals surface area contributed by atoms with Crippen LogP contribution in [-0.2, 0) is 28.6 Å². The Balaban J connectivity index is 1.76. The van der Waals surface area contributed by atoms with Gasteiger partial charge in [-0.25, -0.2) is 13.4 Å². The number of thiazole rings is 1. The molecular formula is C13H18N4O2S2. The third kappa shape index (κ3) is 3.26. The van der Waals surface area contributed by atoms with E-state index in [1.807, 2.05) is 12.3 Å². The lowest BCUT2D eigenvalue weighted by Gasteiger charge is -2.26. The number of hydrogen-bond acceptors (Lipinski definition) is 6. The second-order valence-corrected chi connectivity index (χ2v) is 8.56. The molecule has 6 nitrogen and oxygen atoms in total. The molecule has 0 radical (unpaired) electrons. The minimum atomic E-state index is -3.03. The molecule has 0 amide bonds. The van der Waals surface area contributed by atoms with Crippen LogP contribution in [-0.4, -0.2) is 36.4 Å². The molecule has 1 aliphatic rings. The van der Waals surface area contributed by atoms with E-state index in [1.165, 1.54) is 23.2 Å². The zero-order chi connectivity index (χ0) is 15.0. The van der Waals surface area contributed by atoms with E-state index in [2.05, 4.69) is 20.1 Å². The normalized spacial score (nSPS) is 15.2. The number of aryl methyl sites for hydroxylation is 1. The van der Waals surface area contributed by atoms with Crippen molar-refractivity contribution in [3.63, 3.8) is 0 Å². The average Bonchev–Trinajstić information content (AvgIpc) is 2.96. The van der Waals surface area contributed by atoms with Gasteiger partial charge in [0.25, 0.3) is 0 Å². The molecular weight excluding hydrogens is 308 g/mol. The third-order valence-electron chi connectivity index (χ3n) is 3.54. The van der Waals surface area contributed by atoms with E-state index < -0.39 is 9.84 Å². The van der Waals surface area contributed by atoms with Crippen LogP contribution in [0.3, 0.4) is 0 Å². The predicted octanol–water partition coefficient (Wildman–Crippen LogP) is 1.67. The molecule has 2 aromatic rings. The van der Waals surface area contributed by atoms with E-state index in [0.717, 1.165) is 36.6 Å². The minimum absolute atomic E-state index is 0.0183. The van der Waals surface area contributed by atoms with Gasteiger partial charge in [0.15, 0.2) is 15.7 Å². The average molecular weight is 326 g/mol. The maximum absolute atomic E-state index is 11.3. The van der Waals surface area contributed by atoms with Gasteiger partial charge >= 0.3 is 0 Å². The molecule has 114 valence electrons. The highest BCUT2D eigenvalue weighted by Crippen LogP contribution is 2.28. The number of aromatic amines is 1. The van der Waals surface area contributed by atoms with Crippen molar-refractivity contribution in [3.05, 3.63) is 27.3 Å². The quantitative estimate of drug-likeness (QED) is 0.924. The summed E-state index contributed by atoms with van der Waals surface area (Å²) < 4.78 is 22.6. The van der Waals surface area contributed by atoms with Gasteiger partial charge in [-0.15, -0.1) is 11.3 Å². The molecule has 0 aliphatic carbocycles. The summed E-state index contributed by atoms with van der Waals surface area (Å²) in [7, 11) is -3.03. The van der Waals surface area contributed by atoms with Gasteiger partial charge in [0.05, 0.1) is 12.2 Å². The number of sulfone groups is 1. The van der Waals surface area contributed by atoms with Gasteiger partial charge in [-0.1, -0.05) is 0 Å². The fourth-order valence-corrected chi connectivity index (χ4v) is 4.61. The first kappa shape index (κ1) is 14.5. The molecule has 0 bridgehead atoms. The number of fused-ring (bicyclic) bond motifs is 1. The highest BCUT2D eigenvalue weighted by Gasteiger charge is 2.22. The Morgan fingerprint density at radius 3 is 3.05 bits per heavy atom. The van der Waals surface area contributed by atoms with Crippen molar-refractivity contribution in [1.29, 1.82) is 0 Å². The van der Waals surface area contributed by atoms with Crippen LogP contribution in [0.25, 0.3) is 0 Å². The molecule has 0 atom stereocenters. The van der Waals surface area contributed by atoms with E-state index in [0.29, 0.717) is 11.6 Å². The number of anilines is 1. The van der Waals surface area contributed by atoms with E-state index >= 15 is 0 Å². The minimum Gasteiger partial charge on any atom is -0.349 e. The molecule has 0 aromatic carbocycles. The van der Waals surface area contributed by atoms with E-state index in [-0.39, 0.29) is 5.75 Å². The molecule has 3 rings (SSSR count). The Morgan fingerprint density at radius 1 is 1.48 bits per heavy atom. The van der Waals surface area contributed by atoms with Crippen molar-refractivity contribution in [1.82, 2.24) is 15.2 Å². The van der Waals surface area contributed by atoms with Crippen LogP contribution in [0.1, 0.15) is 28.4 Å². The van der Waals surface area contributed by atoms with Crippen LogP contribution in [0.15, 0.2) is 5.38 Å². The monoisotopic (exact) mass is 326 g/mol. The summed E-state index contributed by atoms with van der Waals surface area (Å²) in [4.78, 5) is 6.64. The van der Waals surface area contributed by atoms with Gasteiger partial charge < -0.3 is 4.90 Å². The Morgan fingerprint density at radius 2 is 2.29 bits per heavy atom. The van der Waals surface area contributed by atoms with E-state index in [1.54, 1.807) is 0 Å². The fraction of sp³-hybridized carbons (Fsp3) is 0.538. The molecule has 21 heavy (non-hydrogen) atoms. The Hall–Kier alpha value is -1.41. The Labute approximate surface area is 128 Å². The first-order valence-corrected chi connectivity index (χ1v) is 9.76. The van der Waals surface area contributed by atoms with Gasteiger partial charge in [0.2, 0.25) is 0 Å². The maximum atomic E-state index is 11.3. The van der Waals surface area contributed by atoms with E-state index in [9.17, 15) is 8.42 Å². The summed E-state index contributed by atoms with van der Waals surface area (Å²) in [5.74, 6) is 1.03. The van der Waals surface area contributed by atoms with Gasteiger partial charge in [-0.2, -0.15) is 5.10 Å². The number of aromatic nitrogens is 3. The maximum Gasteiger partial charge on any atom is 0.154 e. The van der Waals surface area contributed by atoms with Crippen LogP contribution < -0.4 is 4.90 Å². The summed E-state index contributed by atoms with van der Waals surface area (Å²) in [6.45, 7) is 3.68. The summed E-state index contributed by atoms with van der Waals surface area (Å²) in [5, 5.41) is 10.0. The lowest BCUT2D eigenvalue weighted by atomic mass is 10.1. The molecule has 2 aromatic heterocycles. The fourth-order valence-electron chi connectivity index (χ4n) is 2.61. The summed E-state index contributed by atoms with van der Waals surface area (Å²) in [5.41, 5.74) is 3.32. The molecule has 0 spiro atoms. The van der Waals surface area contributed by atoms with Crippen LogP contribution >= 0.6 is 11.3 Å². The highest BCUT2D eigenvalue weighted by atomic mass is 32.2. The van der Waals surface area contributed by atoms with Crippen molar-refractivity contribution in [2.24, 2.45) is 0 Å². The largest absolute Gasteiger partial charge is 0.349 e. The molecule has 8 heteroatoms. The second-order valence-electron chi connectivity index (χ2n) is 5.48. The summed E-state index contributed by atoms with van der Waals surface area (Å²) in [6, 6.07) is 0. The molecule has 0 unspecified atom stereocenters. The zero-order valence-electron chi connectivity index (χ0n) is 12.1. The summed E-state index contributed by atoms with van der Waals surface area (Å²) >= 11 is 1.41.